The highest BCUT2D eigenvalue weighted by Gasteiger charge is 2.20. The van der Waals surface area contributed by atoms with Crippen molar-refractivity contribution in [2.24, 2.45) is 5.92 Å². The van der Waals surface area contributed by atoms with Crippen molar-refractivity contribution in [1.29, 1.82) is 0 Å². The van der Waals surface area contributed by atoms with E-state index in [1.165, 1.54) is 6.42 Å². The molecule has 6 heteroatoms. The Kier molecular flexibility index (Phi) is 3.84. The van der Waals surface area contributed by atoms with Gasteiger partial charge in [-0.1, -0.05) is 6.92 Å². The van der Waals surface area contributed by atoms with Gasteiger partial charge in [0.05, 0.1) is 6.10 Å². The zero-order valence-corrected chi connectivity index (χ0v) is 11.3. The third kappa shape index (κ3) is 3.21. The van der Waals surface area contributed by atoms with Crippen LogP contribution in [0.2, 0.25) is 0 Å². The average molecular weight is 251 g/mol. The number of ether oxygens (including phenoxy) is 1. The van der Waals surface area contributed by atoms with Crippen molar-refractivity contribution in [3.05, 3.63) is 0 Å². The summed E-state index contributed by atoms with van der Waals surface area (Å²) < 4.78 is 5.48. The van der Waals surface area contributed by atoms with Crippen LogP contribution in [0.25, 0.3) is 0 Å². The third-order valence-corrected chi connectivity index (χ3v) is 2.90. The highest BCUT2D eigenvalue weighted by atomic mass is 16.5. The molecule has 1 atom stereocenters. The fraction of sp³-hybridized carbons (Fsp3) is 0.750. The van der Waals surface area contributed by atoms with Gasteiger partial charge in [0.25, 0.3) is 0 Å². The van der Waals surface area contributed by atoms with Crippen molar-refractivity contribution in [2.75, 3.05) is 23.7 Å². The first-order valence-electron chi connectivity index (χ1n) is 6.47. The van der Waals surface area contributed by atoms with E-state index in [9.17, 15) is 0 Å². The van der Waals surface area contributed by atoms with Crippen molar-refractivity contribution < 1.29 is 4.74 Å². The molecule has 1 aromatic rings. The predicted octanol–water partition coefficient (Wildman–Crippen LogP) is 1.48. The zero-order chi connectivity index (χ0) is 13.1. The summed E-state index contributed by atoms with van der Waals surface area (Å²) >= 11 is 0. The molecule has 1 saturated heterocycles. The first kappa shape index (κ1) is 12.9. The van der Waals surface area contributed by atoms with Crippen LogP contribution in [0.15, 0.2) is 0 Å². The van der Waals surface area contributed by atoms with Crippen molar-refractivity contribution in [1.82, 2.24) is 15.0 Å². The smallest absolute Gasteiger partial charge is 0.323 e. The minimum Gasteiger partial charge on any atom is -0.461 e. The van der Waals surface area contributed by atoms with Crippen LogP contribution in [0.3, 0.4) is 0 Å². The standard InChI is InChI=1S/C12H21N5O/c1-8(2)18-12-15-10(13)14-11(16-12)17-6-4-5-9(3)7-17/h8-9H,4-7H2,1-3H3,(H2,13,14,15,16). The molecule has 0 bridgehead atoms. The van der Waals surface area contributed by atoms with E-state index >= 15 is 0 Å². The zero-order valence-electron chi connectivity index (χ0n) is 11.3. The van der Waals surface area contributed by atoms with Crippen LogP contribution in [-0.2, 0) is 0 Å². The van der Waals surface area contributed by atoms with Crippen LogP contribution in [0.1, 0.15) is 33.6 Å². The molecule has 1 aliphatic heterocycles. The molecule has 0 radical (unpaired) electrons. The molecular formula is C12H21N5O. The Morgan fingerprint density at radius 2 is 2.11 bits per heavy atom. The third-order valence-electron chi connectivity index (χ3n) is 2.90. The van der Waals surface area contributed by atoms with E-state index in [-0.39, 0.29) is 12.1 Å². The van der Waals surface area contributed by atoms with Gasteiger partial charge in [-0.2, -0.15) is 15.0 Å². The highest BCUT2D eigenvalue weighted by molar-refractivity contribution is 5.36. The van der Waals surface area contributed by atoms with E-state index in [1.54, 1.807) is 0 Å². The number of rotatable bonds is 3. The topological polar surface area (TPSA) is 77.2 Å². The SMILES string of the molecule is CC1CCCN(c2nc(N)nc(OC(C)C)n2)C1. The molecule has 18 heavy (non-hydrogen) atoms. The maximum atomic E-state index is 5.71. The lowest BCUT2D eigenvalue weighted by Gasteiger charge is -2.30. The van der Waals surface area contributed by atoms with E-state index in [0.717, 1.165) is 19.5 Å². The normalized spacial score (nSPS) is 20.2. The number of nitrogens with two attached hydrogens (primary N) is 1. The molecule has 0 spiro atoms. The summed E-state index contributed by atoms with van der Waals surface area (Å²) in [6, 6.07) is 0.311. The van der Waals surface area contributed by atoms with Crippen LogP contribution in [0.5, 0.6) is 6.01 Å². The minimum absolute atomic E-state index is 0.0277. The predicted molar refractivity (Wildman–Crippen MR) is 70.6 cm³/mol. The van der Waals surface area contributed by atoms with Gasteiger partial charge in [0.2, 0.25) is 11.9 Å². The van der Waals surface area contributed by atoms with E-state index in [4.69, 9.17) is 10.5 Å². The van der Waals surface area contributed by atoms with Gasteiger partial charge < -0.3 is 15.4 Å². The second kappa shape index (κ2) is 5.37. The van der Waals surface area contributed by atoms with Gasteiger partial charge in [0.1, 0.15) is 0 Å². The quantitative estimate of drug-likeness (QED) is 0.876. The van der Waals surface area contributed by atoms with Gasteiger partial charge in [-0.3, -0.25) is 0 Å². The number of nitrogens with zero attached hydrogens (tertiary/aromatic N) is 4. The van der Waals surface area contributed by atoms with Crippen molar-refractivity contribution in [2.45, 2.75) is 39.7 Å². The molecule has 6 nitrogen and oxygen atoms in total. The summed E-state index contributed by atoms with van der Waals surface area (Å²) in [5.74, 6) is 1.50. The van der Waals surface area contributed by atoms with Crippen LogP contribution < -0.4 is 15.4 Å². The second-order valence-corrected chi connectivity index (χ2v) is 5.14. The molecule has 100 valence electrons. The average Bonchev–Trinajstić information content (AvgIpc) is 2.27. The van der Waals surface area contributed by atoms with E-state index in [2.05, 4.69) is 26.8 Å². The lowest BCUT2D eigenvalue weighted by atomic mass is 10.0. The second-order valence-electron chi connectivity index (χ2n) is 5.14. The number of hydrogen-bond acceptors (Lipinski definition) is 6. The van der Waals surface area contributed by atoms with E-state index < -0.39 is 0 Å². The number of hydrogen-bond donors (Lipinski definition) is 1. The van der Waals surface area contributed by atoms with Gasteiger partial charge >= 0.3 is 6.01 Å². The van der Waals surface area contributed by atoms with Crippen LogP contribution in [-0.4, -0.2) is 34.1 Å². The Morgan fingerprint density at radius 1 is 1.33 bits per heavy atom. The van der Waals surface area contributed by atoms with Crippen LogP contribution in [0, 0.1) is 5.92 Å². The molecule has 1 fully saturated rings. The summed E-state index contributed by atoms with van der Waals surface area (Å²) in [7, 11) is 0. The molecule has 1 aromatic heterocycles. The van der Waals surface area contributed by atoms with Crippen molar-refractivity contribution in [3.63, 3.8) is 0 Å². The molecule has 0 aromatic carbocycles. The molecule has 1 aliphatic rings. The number of aromatic nitrogens is 3. The van der Waals surface area contributed by atoms with Gasteiger partial charge in [-0.05, 0) is 32.6 Å². The summed E-state index contributed by atoms with van der Waals surface area (Å²) in [4.78, 5) is 14.7. The Labute approximate surface area is 108 Å². The fourth-order valence-corrected chi connectivity index (χ4v) is 2.14. The Bertz CT molecular complexity index is 409. The van der Waals surface area contributed by atoms with Gasteiger partial charge in [-0.25, -0.2) is 0 Å². The maximum absolute atomic E-state index is 5.71. The minimum atomic E-state index is 0.0277. The fourth-order valence-electron chi connectivity index (χ4n) is 2.14. The molecule has 1 unspecified atom stereocenters. The lowest BCUT2D eigenvalue weighted by molar-refractivity contribution is 0.222. The van der Waals surface area contributed by atoms with E-state index in [1.807, 2.05) is 13.8 Å². The highest BCUT2D eigenvalue weighted by Crippen LogP contribution is 2.21. The Morgan fingerprint density at radius 3 is 2.78 bits per heavy atom. The molecule has 2 heterocycles. The first-order chi connectivity index (χ1) is 8.54. The Hall–Kier alpha value is -1.59. The Balaban J connectivity index is 2.18. The molecular weight excluding hydrogens is 230 g/mol. The summed E-state index contributed by atoms with van der Waals surface area (Å²) in [6.07, 6.45) is 2.44. The monoisotopic (exact) mass is 251 g/mol. The first-order valence-corrected chi connectivity index (χ1v) is 6.47. The molecule has 2 N–H and O–H groups in total. The van der Waals surface area contributed by atoms with E-state index in [0.29, 0.717) is 17.9 Å². The summed E-state index contributed by atoms with van der Waals surface area (Å²) in [5, 5.41) is 0. The van der Waals surface area contributed by atoms with Gasteiger partial charge in [-0.15, -0.1) is 0 Å². The van der Waals surface area contributed by atoms with Crippen LogP contribution in [0.4, 0.5) is 11.9 Å². The molecule has 0 saturated carbocycles. The lowest BCUT2D eigenvalue weighted by Crippen LogP contribution is -2.35. The molecule has 2 rings (SSSR count). The number of nitrogen functional groups attached to an aromatic ring is 1. The molecule has 0 aliphatic carbocycles. The number of piperidine rings is 1. The maximum Gasteiger partial charge on any atom is 0.323 e. The van der Waals surface area contributed by atoms with Gasteiger partial charge in [0.15, 0.2) is 0 Å². The largest absolute Gasteiger partial charge is 0.461 e. The van der Waals surface area contributed by atoms with Crippen molar-refractivity contribution >= 4 is 11.9 Å². The van der Waals surface area contributed by atoms with Crippen molar-refractivity contribution in [3.8, 4) is 6.01 Å². The number of anilines is 2. The van der Waals surface area contributed by atoms with Crippen LogP contribution >= 0.6 is 0 Å². The van der Waals surface area contributed by atoms with Gasteiger partial charge in [0, 0.05) is 13.1 Å². The molecule has 0 amide bonds. The summed E-state index contributed by atoms with van der Waals surface area (Å²) in [5.41, 5.74) is 5.71. The summed E-state index contributed by atoms with van der Waals surface area (Å²) in [6.45, 7) is 8.03.